The number of carbonyl (C=O) groups excluding carboxylic acids is 2. The van der Waals surface area contributed by atoms with Crippen LogP contribution in [-0.2, 0) is 44.0 Å². The van der Waals surface area contributed by atoms with Crippen molar-refractivity contribution in [2.75, 3.05) is 32.4 Å². The Kier molecular flexibility index (Phi) is 24.2. The van der Waals surface area contributed by atoms with Crippen molar-refractivity contribution >= 4 is 55.0 Å². The number of hydrogen-bond acceptors (Lipinski definition) is 15. The van der Waals surface area contributed by atoms with E-state index in [9.17, 15) is 80.3 Å². The van der Waals surface area contributed by atoms with Gasteiger partial charge in [-0.15, -0.1) is 0 Å². The second-order valence-corrected chi connectivity index (χ2v) is 26.9. The van der Waals surface area contributed by atoms with Gasteiger partial charge in [-0.05, 0) is 140 Å². The third-order valence-electron chi connectivity index (χ3n) is 16.4. The maximum atomic E-state index is 14.1. The molecule has 0 bridgehead atoms. The monoisotopic (exact) mass is 1440 g/mol. The maximum Gasteiger partial charge on any atom is 0.446 e. The number of fused-ring (bicyclic) bond motifs is 3. The molecular weight excluding hydrogens is 1380 g/mol. The second kappa shape index (κ2) is 32.3. The minimum Gasteiger partial charge on any atom is -0.490 e. The van der Waals surface area contributed by atoms with Crippen molar-refractivity contribution in [3.63, 3.8) is 0 Å². The first-order chi connectivity index (χ1) is 47.7. The highest BCUT2D eigenvalue weighted by atomic mass is 32.2. The van der Waals surface area contributed by atoms with Crippen LogP contribution in [0.15, 0.2) is 124 Å². The van der Waals surface area contributed by atoms with Crippen molar-refractivity contribution in [2.24, 2.45) is 5.92 Å². The van der Waals surface area contributed by atoms with Crippen LogP contribution in [0.4, 0.5) is 52.7 Å². The molecule has 3 fully saturated rings. The van der Waals surface area contributed by atoms with Crippen molar-refractivity contribution in [1.29, 1.82) is 0 Å². The van der Waals surface area contributed by atoms with E-state index in [-0.39, 0.29) is 82.7 Å². The first-order valence-corrected chi connectivity index (χ1v) is 33.3. The van der Waals surface area contributed by atoms with Crippen LogP contribution in [-0.4, -0.2) is 116 Å². The van der Waals surface area contributed by atoms with Crippen molar-refractivity contribution in [1.82, 2.24) is 38.3 Å². The molecule has 32 heteroatoms. The van der Waals surface area contributed by atoms with Crippen molar-refractivity contribution in [3.05, 3.63) is 210 Å². The largest absolute Gasteiger partial charge is 0.490 e. The highest BCUT2D eigenvalue weighted by Gasteiger charge is 2.32. The molecule has 1 aliphatic carbocycles. The van der Waals surface area contributed by atoms with Crippen LogP contribution < -0.4 is 36.2 Å². The van der Waals surface area contributed by atoms with Gasteiger partial charge in [0.2, 0.25) is 16.3 Å². The molecule has 0 atom stereocenters. The van der Waals surface area contributed by atoms with E-state index in [0.717, 1.165) is 25.9 Å². The van der Waals surface area contributed by atoms with Crippen LogP contribution in [0.1, 0.15) is 88.8 Å². The van der Waals surface area contributed by atoms with Crippen LogP contribution in [0.3, 0.4) is 0 Å². The average Bonchev–Trinajstić information content (AvgIpc) is 0.796. The molecular formula is C69H66F12N8O11S. The Morgan fingerprint density at radius 2 is 0.812 bits per heavy atom. The van der Waals surface area contributed by atoms with E-state index in [1.807, 2.05) is 20.8 Å². The van der Waals surface area contributed by atoms with E-state index in [2.05, 4.69) is 20.3 Å². The number of nitrogens with one attached hydrogen (secondary N) is 1. The summed E-state index contributed by atoms with van der Waals surface area (Å²) in [6.45, 7) is 7.20. The number of benzene rings is 6. The number of nitrogens with zero attached hydrogens (tertiary/aromatic N) is 7. The summed E-state index contributed by atoms with van der Waals surface area (Å²) in [6.07, 6.45) is 4.19. The number of halogens is 12. The highest BCUT2D eigenvalue weighted by Crippen LogP contribution is 2.32. The number of aromatic nitrogens is 6. The minimum absolute atomic E-state index is 0.0694. The fourth-order valence-corrected chi connectivity index (χ4v) is 12.3. The predicted octanol–water partition coefficient (Wildman–Crippen LogP) is 11.5. The third kappa shape index (κ3) is 20.3. The van der Waals surface area contributed by atoms with Crippen LogP contribution in [0.5, 0.6) is 17.2 Å². The molecule has 5 heterocycles. The molecule has 1 N–H and O–H groups in total. The molecule has 0 amide bonds. The number of hydrogen-bond donors (Lipinski definition) is 1. The second-order valence-electron chi connectivity index (χ2n) is 24.9. The summed E-state index contributed by atoms with van der Waals surface area (Å²) in [5.74, 6) is -8.01. The molecule has 101 heavy (non-hydrogen) atoms. The number of esters is 1. The molecule has 9 aromatic rings. The number of alkyl halides is 3. The lowest BCUT2D eigenvalue weighted by Gasteiger charge is -2.30. The first kappa shape index (κ1) is 75.5. The van der Waals surface area contributed by atoms with E-state index in [4.69, 9.17) is 23.7 Å². The van der Waals surface area contributed by atoms with E-state index in [0.29, 0.717) is 122 Å². The van der Waals surface area contributed by atoms with Crippen LogP contribution in [0.25, 0.3) is 32.7 Å². The highest BCUT2D eigenvalue weighted by molar-refractivity contribution is 7.88. The van der Waals surface area contributed by atoms with Gasteiger partial charge in [0, 0.05) is 66.2 Å². The lowest BCUT2D eigenvalue weighted by atomic mass is 9.87. The number of sulfonamides is 1. The fraction of sp³-hybridized carbons (Fsp3) is 0.362. The molecule has 3 aliphatic rings. The standard InChI is InChI=1S/C26H27F3N2O4.C21H20F3N3O4S.C20H18F3N3O2.C2HF3O/c1-26(2,3)35-25(33)15-4-6-17(7-5-15)34-18-8-9-23-19(12-18)24(32)30-14-31(23)13-20-21(28)10-16(27)11-22(20)29;1-32(29,30)27-6-4-14(5-7-27)31-15-2-3-20-16(10-15)21(28)25-12-26(20)11-17-18(23)8-13(22)9-19(17)24;21-12-7-17(22)16(18(23)8-12)10-26-11-25-20(27)15-9-14(1-2-19(15)26)28-13-3-5-24-6-4-13;3-2(4,5)1-6/h8-12,14-15,17H,4-7,13H2,1-3H3;2-3,8-10,12,14H,4-7,11H2,1H3;1-2,7-9,11,13,24H,3-6,10H2;1H. The summed E-state index contributed by atoms with van der Waals surface area (Å²) >= 11 is 0. The van der Waals surface area contributed by atoms with Gasteiger partial charge in [0.1, 0.15) is 87.4 Å². The van der Waals surface area contributed by atoms with E-state index in [1.54, 1.807) is 48.5 Å². The molecule has 2 saturated heterocycles. The Labute approximate surface area is 568 Å². The minimum atomic E-state index is -4.64. The molecule has 6 aromatic carbocycles. The van der Waals surface area contributed by atoms with Gasteiger partial charge in [0.05, 0.1) is 89.6 Å². The Balaban J connectivity index is 0.000000170. The van der Waals surface area contributed by atoms with Gasteiger partial charge in [-0.25, -0.2) is 52.2 Å². The van der Waals surface area contributed by atoms with Gasteiger partial charge in [-0.1, -0.05) is 0 Å². The Morgan fingerprint density at radius 3 is 1.11 bits per heavy atom. The van der Waals surface area contributed by atoms with Crippen molar-refractivity contribution in [3.8, 4) is 17.2 Å². The zero-order valence-electron chi connectivity index (χ0n) is 54.5. The fourth-order valence-electron chi connectivity index (χ4n) is 11.4. The van der Waals surface area contributed by atoms with Gasteiger partial charge in [-0.3, -0.25) is 24.0 Å². The summed E-state index contributed by atoms with van der Waals surface area (Å²) < 4.78 is 208. The molecule has 0 unspecified atom stereocenters. The molecule has 3 aromatic heterocycles. The first-order valence-electron chi connectivity index (χ1n) is 31.5. The zero-order valence-corrected chi connectivity index (χ0v) is 55.3. The lowest BCUT2D eigenvalue weighted by Crippen LogP contribution is -2.41. The summed E-state index contributed by atoms with van der Waals surface area (Å²) in [6, 6.07) is 18.2. The lowest BCUT2D eigenvalue weighted by molar-refractivity contribution is -0.161. The van der Waals surface area contributed by atoms with Gasteiger partial charge in [-0.2, -0.15) is 28.1 Å². The topological polar surface area (TPSA) is 225 Å². The summed E-state index contributed by atoms with van der Waals surface area (Å²) in [7, 11) is -3.24. The van der Waals surface area contributed by atoms with Crippen molar-refractivity contribution < 1.29 is 89.6 Å². The summed E-state index contributed by atoms with van der Waals surface area (Å²) in [5.41, 5.74) is -1.75. The van der Waals surface area contributed by atoms with Gasteiger partial charge < -0.3 is 38.0 Å². The predicted molar refractivity (Wildman–Crippen MR) is 345 cm³/mol. The van der Waals surface area contributed by atoms with Crippen LogP contribution >= 0.6 is 0 Å². The molecule has 2 aliphatic heterocycles. The molecule has 19 nitrogen and oxygen atoms in total. The number of ether oxygens (including phenoxy) is 4. The van der Waals surface area contributed by atoms with Gasteiger partial charge >= 0.3 is 12.1 Å². The zero-order chi connectivity index (χ0) is 73.3. The molecule has 0 spiro atoms. The summed E-state index contributed by atoms with van der Waals surface area (Å²) in [5, 5.41) is 3.97. The SMILES string of the molecule is CC(C)(C)OC(=O)C1CCC(Oc2ccc3c(c2)c(=O)ncn3Cc2c(F)cc(F)cc2F)CC1.CS(=O)(=O)N1CCC(Oc2ccc3c(c2)c(=O)ncn3Cc2c(F)cc(F)cc2F)CC1.O=CC(F)(F)F.O=c1ncn(Cc2c(F)cc(F)cc2F)c2ccc(OC3CCNCC3)cc12. The normalized spacial score (nSPS) is 16.3. The molecule has 1 saturated carbocycles. The Hall–Kier alpha value is -9.69. The number of rotatable bonds is 14. The number of aldehydes is 1. The van der Waals surface area contributed by atoms with Crippen LogP contribution in [0.2, 0.25) is 0 Å². The quantitative estimate of drug-likeness (QED) is 0.0607. The Bertz CT molecular complexity index is 4750. The molecule has 12 rings (SSSR count). The molecule has 538 valence electrons. The molecule has 0 radical (unpaired) electrons. The van der Waals surface area contributed by atoms with Crippen LogP contribution in [0, 0.1) is 58.3 Å². The van der Waals surface area contributed by atoms with E-state index >= 15 is 0 Å². The van der Waals surface area contributed by atoms with Gasteiger partial charge in [0.25, 0.3) is 16.7 Å². The average molecular weight is 1440 g/mol. The Morgan fingerprint density at radius 1 is 0.505 bits per heavy atom. The number of piperidine rings is 2. The smallest absolute Gasteiger partial charge is 0.446 e. The van der Waals surface area contributed by atoms with E-state index in [1.165, 1.54) is 49.3 Å². The van der Waals surface area contributed by atoms with E-state index < -0.39 is 97.1 Å². The number of carbonyl (C=O) groups is 2. The third-order valence-corrected chi connectivity index (χ3v) is 17.7. The summed E-state index contributed by atoms with van der Waals surface area (Å²) in [4.78, 5) is 69.3. The van der Waals surface area contributed by atoms with Crippen molar-refractivity contribution in [2.45, 2.75) is 122 Å². The maximum absolute atomic E-state index is 14.1. The van der Waals surface area contributed by atoms with Gasteiger partial charge in [0.15, 0.2) is 0 Å².